The predicted molar refractivity (Wildman–Crippen MR) is 75.6 cm³/mol. The molecule has 0 unspecified atom stereocenters. The summed E-state index contributed by atoms with van der Waals surface area (Å²) in [6, 6.07) is 3.18. The first kappa shape index (κ1) is 16.3. The van der Waals surface area contributed by atoms with E-state index < -0.39 is 0 Å². The summed E-state index contributed by atoms with van der Waals surface area (Å²) in [7, 11) is 3.18. The number of anilines is 1. The molecule has 1 aromatic carbocycles. The van der Waals surface area contributed by atoms with Gasteiger partial charge in [0, 0.05) is 31.5 Å². The second-order valence-electron chi connectivity index (χ2n) is 4.12. The van der Waals surface area contributed by atoms with Gasteiger partial charge in [0.25, 0.3) is 0 Å². The van der Waals surface area contributed by atoms with Gasteiger partial charge in [-0.15, -0.1) is 0 Å². The predicted octanol–water partition coefficient (Wildman–Crippen LogP) is 1.52. The highest BCUT2D eigenvalue weighted by Gasteiger charge is 2.13. The summed E-state index contributed by atoms with van der Waals surface area (Å²) < 4.78 is 20.9. The molecule has 2 N–H and O–H groups in total. The summed E-state index contributed by atoms with van der Waals surface area (Å²) in [4.78, 5) is 11.5. The second-order valence-corrected chi connectivity index (χ2v) is 4.12. The molecule has 0 bridgehead atoms. The zero-order valence-corrected chi connectivity index (χ0v) is 12.1. The molecule has 0 amide bonds. The first-order valence-electron chi connectivity index (χ1n) is 6.28. The fourth-order valence-electron chi connectivity index (χ4n) is 1.58. The SMILES string of the molecule is COCCOc1cc(N)c(C(C)=O)cc1OCCOC. The van der Waals surface area contributed by atoms with Crippen molar-refractivity contribution in [3.63, 3.8) is 0 Å². The highest BCUT2D eigenvalue weighted by Crippen LogP contribution is 2.32. The maximum atomic E-state index is 11.5. The molecule has 0 saturated carbocycles. The van der Waals surface area contributed by atoms with Crippen LogP contribution in [0.15, 0.2) is 12.1 Å². The van der Waals surface area contributed by atoms with Crippen LogP contribution in [0.25, 0.3) is 0 Å². The lowest BCUT2D eigenvalue weighted by Gasteiger charge is -2.15. The smallest absolute Gasteiger partial charge is 0.163 e. The van der Waals surface area contributed by atoms with Gasteiger partial charge in [0.1, 0.15) is 13.2 Å². The number of hydrogen-bond donors (Lipinski definition) is 1. The van der Waals surface area contributed by atoms with E-state index in [1.54, 1.807) is 26.4 Å². The van der Waals surface area contributed by atoms with Crippen molar-refractivity contribution in [1.29, 1.82) is 0 Å². The van der Waals surface area contributed by atoms with Crippen molar-refractivity contribution in [2.24, 2.45) is 0 Å². The van der Waals surface area contributed by atoms with E-state index in [0.29, 0.717) is 49.2 Å². The first-order chi connectivity index (χ1) is 9.60. The van der Waals surface area contributed by atoms with E-state index in [4.69, 9.17) is 24.7 Å². The van der Waals surface area contributed by atoms with Gasteiger partial charge in [0.2, 0.25) is 0 Å². The topological polar surface area (TPSA) is 80.0 Å². The standard InChI is InChI=1S/C14H21NO5/c1-10(16)11-8-13(19-6-4-17-2)14(9-12(11)15)20-7-5-18-3/h8-9H,4-7,15H2,1-3H3. The van der Waals surface area contributed by atoms with E-state index in [0.717, 1.165) is 0 Å². The van der Waals surface area contributed by atoms with Crippen LogP contribution in [0.2, 0.25) is 0 Å². The third-order valence-electron chi connectivity index (χ3n) is 2.59. The van der Waals surface area contributed by atoms with Gasteiger partial charge in [0.05, 0.1) is 13.2 Å². The minimum absolute atomic E-state index is 0.123. The molecule has 0 saturated heterocycles. The van der Waals surface area contributed by atoms with Crippen LogP contribution in [-0.2, 0) is 9.47 Å². The molecule has 0 aromatic heterocycles. The lowest BCUT2D eigenvalue weighted by atomic mass is 10.1. The number of benzene rings is 1. The van der Waals surface area contributed by atoms with Crippen molar-refractivity contribution in [2.45, 2.75) is 6.92 Å². The van der Waals surface area contributed by atoms with Gasteiger partial charge >= 0.3 is 0 Å². The molecule has 0 spiro atoms. The molecule has 0 fully saturated rings. The number of carbonyl (C=O) groups is 1. The Balaban J connectivity index is 2.93. The van der Waals surface area contributed by atoms with Crippen molar-refractivity contribution in [1.82, 2.24) is 0 Å². The maximum absolute atomic E-state index is 11.5. The molecule has 6 nitrogen and oxygen atoms in total. The second kappa shape index (κ2) is 8.39. The van der Waals surface area contributed by atoms with Gasteiger partial charge in [-0.1, -0.05) is 0 Å². The van der Waals surface area contributed by atoms with Gasteiger partial charge in [-0.05, 0) is 13.0 Å². The molecule has 20 heavy (non-hydrogen) atoms. The number of nitrogen functional groups attached to an aromatic ring is 1. The van der Waals surface area contributed by atoms with E-state index in [1.807, 2.05) is 0 Å². The van der Waals surface area contributed by atoms with Crippen molar-refractivity contribution in [2.75, 3.05) is 46.4 Å². The van der Waals surface area contributed by atoms with Gasteiger partial charge in [-0.2, -0.15) is 0 Å². The summed E-state index contributed by atoms with van der Waals surface area (Å²) in [5.74, 6) is 0.834. The largest absolute Gasteiger partial charge is 0.487 e. The number of methoxy groups -OCH3 is 2. The van der Waals surface area contributed by atoms with Crippen molar-refractivity contribution in [3.05, 3.63) is 17.7 Å². The summed E-state index contributed by atoms with van der Waals surface area (Å²) in [5, 5.41) is 0. The molecular formula is C14H21NO5. The summed E-state index contributed by atoms with van der Waals surface area (Å²) in [6.45, 7) is 3.08. The van der Waals surface area contributed by atoms with Crippen molar-refractivity contribution < 1.29 is 23.7 Å². The summed E-state index contributed by atoms with van der Waals surface area (Å²) in [6.07, 6.45) is 0. The van der Waals surface area contributed by atoms with E-state index in [-0.39, 0.29) is 5.78 Å². The summed E-state index contributed by atoms with van der Waals surface area (Å²) in [5.41, 5.74) is 6.62. The Bertz CT molecular complexity index is 447. The minimum atomic E-state index is -0.123. The first-order valence-corrected chi connectivity index (χ1v) is 6.28. The third-order valence-corrected chi connectivity index (χ3v) is 2.59. The Hall–Kier alpha value is -1.79. The Labute approximate surface area is 118 Å². The lowest BCUT2D eigenvalue weighted by Crippen LogP contribution is -2.10. The fourth-order valence-corrected chi connectivity index (χ4v) is 1.58. The quantitative estimate of drug-likeness (QED) is 0.420. The molecule has 0 atom stereocenters. The molecule has 0 heterocycles. The highest BCUT2D eigenvalue weighted by atomic mass is 16.5. The number of hydrogen-bond acceptors (Lipinski definition) is 6. The van der Waals surface area contributed by atoms with Gasteiger partial charge < -0.3 is 24.7 Å². The Kier molecular flexibility index (Phi) is 6.83. The number of ether oxygens (including phenoxy) is 4. The Morgan fingerprint density at radius 1 is 1.00 bits per heavy atom. The minimum Gasteiger partial charge on any atom is -0.487 e. The molecule has 0 aliphatic heterocycles. The molecular weight excluding hydrogens is 262 g/mol. The molecule has 112 valence electrons. The van der Waals surface area contributed by atoms with Crippen LogP contribution >= 0.6 is 0 Å². The molecule has 1 aromatic rings. The molecule has 6 heteroatoms. The van der Waals surface area contributed by atoms with Crippen LogP contribution in [0.3, 0.4) is 0 Å². The fraction of sp³-hybridized carbons (Fsp3) is 0.500. The van der Waals surface area contributed by atoms with Gasteiger partial charge in [0.15, 0.2) is 17.3 Å². The van der Waals surface area contributed by atoms with Crippen LogP contribution in [0.5, 0.6) is 11.5 Å². The van der Waals surface area contributed by atoms with E-state index in [2.05, 4.69) is 0 Å². The van der Waals surface area contributed by atoms with Crippen LogP contribution in [0.4, 0.5) is 5.69 Å². The van der Waals surface area contributed by atoms with Crippen LogP contribution in [0.1, 0.15) is 17.3 Å². The number of Topliss-reactive ketones (excluding diaryl/α,β-unsaturated/α-hetero) is 1. The van der Waals surface area contributed by atoms with E-state index in [1.165, 1.54) is 6.92 Å². The van der Waals surface area contributed by atoms with Crippen molar-refractivity contribution >= 4 is 11.5 Å². The summed E-state index contributed by atoms with van der Waals surface area (Å²) >= 11 is 0. The van der Waals surface area contributed by atoms with Gasteiger partial charge in [-0.25, -0.2) is 0 Å². The molecule has 0 aliphatic rings. The zero-order chi connectivity index (χ0) is 15.0. The highest BCUT2D eigenvalue weighted by molar-refractivity contribution is 5.99. The number of rotatable bonds is 9. The Morgan fingerprint density at radius 2 is 1.50 bits per heavy atom. The maximum Gasteiger partial charge on any atom is 0.163 e. The third kappa shape index (κ3) is 4.71. The van der Waals surface area contributed by atoms with Crippen LogP contribution in [0, 0.1) is 0 Å². The molecule has 0 aliphatic carbocycles. The lowest BCUT2D eigenvalue weighted by molar-refractivity contribution is 0.101. The molecule has 0 radical (unpaired) electrons. The van der Waals surface area contributed by atoms with E-state index >= 15 is 0 Å². The number of ketones is 1. The zero-order valence-electron chi connectivity index (χ0n) is 12.1. The van der Waals surface area contributed by atoms with Crippen LogP contribution < -0.4 is 15.2 Å². The molecule has 1 rings (SSSR count). The van der Waals surface area contributed by atoms with Crippen LogP contribution in [-0.4, -0.2) is 46.4 Å². The number of nitrogens with two attached hydrogens (primary N) is 1. The normalized spacial score (nSPS) is 10.3. The number of carbonyl (C=O) groups excluding carboxylic acids is 1. The average molecular weight is 283 g/mol. The van der Waals surface area contributed by atoms with Gasteiger partial charge in [-0.3, -0.25) is 4.79 Å². The monoisotopic (exact) mass is 283 g/mol. The van der Waals surface area contributed by atoms with Crippen molar-refractivity contribution in [3.8, 4) is 11.5 Å². The van der Waals surface area contributed by atoms with E-state index in [9.17, 15) is 4.79 Å². The average Bonchev–Trinajstić information content (AvgIpc) is 2.41. The Morgan fingerprint density at radius 3 is 1.95 bits per heavy atom.